The van der Waals surface area contributed by atoms with Gasteiger partial charge in [0.1, 0.15) is 0 Å². The number of aryl methyl sites for hydroxylation is 1. The number of benzene rings is 1. The molecule has 0 spiro atoms. The van der Waals surface area contributed by atoms with Gasteiger partial charge < -0.3 is 11.1 Å². The van der Waals surface area contributed by atoms with E-state index in [9.17, 15) is 8.42 Å². The maximum Gasteiger partial charge on any atom is 0.193 e. The van der Waals surface area contributed by atoms with E-state index in [-0.39, 0.29) is 48.0 Å². The number of nitrogens with two attached hydrogens (primary N) is 1. The van der Waals surface area contributed by atoms with Gasteiger partial charge in [0.05, 0.1) is 12.3 Å². The standard InChI is InChI=1S/C12H19N3O2S.HI/c1-3-18(16,17)9-8-14-12(13)15-11-6-4-10(2)5-7-11;/h4-7H,3,8-9H2,1-2H3,(H3,13,14,15);1H. The van der Waals surface area contributed by atoms with Crippen LogP contribution in [0.3, 0.4) is 0 Å². The Bertz CT molecular complexity index is 512. The molecule has 0 radical (unpaired) electrons. The maximum absolute atomic E-state index is 11.2. The smallest absolute Gasteiger partial charge is 0.193 e. The molecule has 1 rings (SSSR count). The molecule has 0 heterocycles. The van der Waals surface area contributed by atoms with Crippen molar-refractivity contribution in [2.45, 2.75) is 13.8 Å². The Hall–Kier alpha value is -0.830. The minimum Gasteiger partial charge on any atom is -0.370 e. The fourth-order valence-corrected chi connectivity index (χ4v) is 1.93. The van der Waals surface area contributed by atoms with Crippen molar-refractivity contribution in [3.05, 3.63) is 29.8 Å². The third kappa shape index (κ3) is 7.36. The highest BCUT2D eigenvalue weighted by molar-refractivity contribution is 14.0. The number of anilines is 1. The van der Waals surface area contributed by atoms with Gasteiger partial charge in [-0.1, -0.05) is 24.6 Å². The zero-order chi connectivity index (χ0) is 13.6. The summed E-state index contributed by atoms with van der Waals surface area (Å²) < 4.78 is 22.5. The van der Waals surface area contributed by atoms with E-state index < -0.39 is 9.84 Å². The third-order valence-corrected chi connectivity index (χ3v) is 4.13. The Morgan fingerprint density at radius 3 is 2.42 bits per heavy atom. The largest absolute Gasteiger partial charge is 0.370 e. The van der Waals surface area contributed by atoms with E-state index in [0.29, 0.717) is 0 Å². The first kappa shape index (κ1) is 18.2. The van der Waals surface area contributed by atoms with Gasteiger partial charge >= 0.3 is 0 Å². The topological polar surface area (TPSA) is 84.5 Å². The van der Waals surface area contributed by atoms with Gasteiger partial charge in [-0.05, 0) is 19.1 Å². The number of halogens is 1. The summed E-state index contributed by atoms with van der Waals surface area (Å²) in [6.07, 6.45) is 0. The van der Waals surface area contributed by atoms with Crippen LogP contribution in [-0.4, -0.2) is 32.4 Å². The zero-order valence-corrected chi connectivity index (χ0v) is 14.2. The molecular weight excluding hydrogens is 377 g/mol. The van der Waals surface area contributed by atoms with Crippen LogP contribution in [0, 0.1) is 6.92 Å². The van der Waals surface area contributed by atoms with Crippen molar-refractivity contribution in [2.24, 2.45) is 10.7 Å². The average molecular weight is 397 g/mol. The molecule has 0 aliphatic carbocycles. The molecule has 0 saturated carbocycles. The second-order valence-corrected chi connectivity index (χ2v) is 6.47. The molecule has 1 aromatic carbocycles. The number of aliphatic imine (C=N–C) groups is 1. The van der Waals surface area contributed by atoms with Crippen LogP contribution in [-0.2, 0) is 9.84 Å². The summed E-state index contributed by atoms with van der Waals surface area (Å²) in [6.45, 7) is 3.80. The van der Waals surface area contributed by atoms with Gasteiger partial charge in [-0.2, -0.15) is 0 Å². The predicted octanol–water partition coefficient (Wildman–Crippen LogP) is 1.77. The lowest BCUT2D eigenvalue weighted by molar-refractivity contribution is 0.597. The quantitative estimate of drug-likeness (QED) is 0.451. The van der Waals surface area contributed by atoms with Crippen molar-refractivity contribution in [1.82, 2.24) is 0 Å². The monoisotopic (exact) mass is 397 g/mol. The average Bonchev–Trinajstić information content (AvgIpc) is 2.32. The number of guanidine groups is 1. The molecule has 0 aromatic heterocycles. The minimum atomic E-state index is -2.98. The molecule has 0 amide bonds. The maximum atomic E-state index is 11.2. The first-order valence-corrected chi connectivity index (χ1v) is 7.59. The van der Waals surface area contributed by atoms with Crippen molar-refractivity contribution in [2.75, 3.05) is 23.4 Å². The van der Waals surface area contributed by atoms with Gasteiger partial charge in [0.15, 0.2) is 15.8 Å². The summed E-state index contributed by atoms with van der Waals surface area (Å²) in [5, 5.41) is 2.91. The Morgan fingerprint density at radius 2 is 1.89 bits per heavy atom. The molecule has 0 aliphatic rings. The lowest BCUT2D eigenvalue weighted by Gasteiger charge is -2.05. The lowest BCUT2D eigenvalue weighted by atomic mass is 10.2. The summed E-state index contributed by atoms with van der Waals surface area (Å²) in [5.41, 5.74) is 7.65. The molecule has 0 fully saturated rings. The van der Waals surface area contributed by atoms with Crippen molar-refractivity contribution in [1.29, 1.82) is 0 Å². The molecule has 0 aliphatic heterocycles. The van der Waals surface area contributed by atoms with Gasteiger partial charge in [-0.25, -0.2) is 8.42 Å². The van der Waals surface area contributed by atoms with Crippen LogP contribution in [0.1, 0.15) is 12.5 Å². The highest BCUT2D eigenvalue weighted by atomic mass is 127. The molecule has 0 unspecified atom stereocenters. The van der Waals surface area contributed by atoms with Gasteiger partial charge in [0.2, 0.25) is 0 Å². The van der Waals surface area contributed by atoms with Gasteiger partial charge in [0.25, 0.3) is 0 Å². The van der Waals surface area contributed by atoms with Gasteiger partial charge in [0, 0.05) is 11.4 Å². The SMILES string of the molecule is CCS(=O)(=O)CCN=C(N)Nc1ccc(C)cc1.I. The first-order chi connectivity index (χ1) is 8.43. The number of nitrogens with zero attached hydrogens (tertiary/aromatic N) is 1. The van der Waals surface area contributed by atoms with Crippen LogP contribution in [0.5, 0.6) is 0 Å². The van der Waals surface area contributed by atoms with Crippen molar-refractivity contribution < 1.29 is 8.42 Å². The van der Waals surface area contributed by atoms with Crippen LogP contribution in [0.25, 0.3) is 0 Å². The summed E-state index contributed by atoms with van der Waals surface area (Å²) >= 11 is 0. The highest BCUT2D eigenvalue weighted by Gasteiger charge is 2.05. The summed E-state index contributed by atoms with van der Waals surface area (Å²) in [4.78, 5) is 3.98. The fourth-order valence-electron chi connectivity index (χ4n) is 1.27. The van der Waals surface area contributed by atoms with E-state index >= 15 is 0 Å². The van der Waals surface area contributed by atoms with Crippen LogP contribution in [0.15, 0.2) is 29.3 Å². The molecule has 3 N–H and O–H groups in total. The number of hydrogen-bond acceptors (Lipinski definition) is 3. The fraction of sp³-hybridized carbons (Fsp3) is 0.417. The minimum absolute atomic E-state index is 0. The van der Waals surface area contributed by atoms with Crippen molar-refractivity contribution in [3.8, 4) is 0 Å². The Balaban J connectivity index is 0.00000324. The predicted molar refractivity (Wildman–Crippen MR) is 91.0 cm³/mol. The van der Waals surface area contributed by atoms with E-state index in [2.05, 4.69) is 10.3 Å². The van der Waals surface area contributed by atoms with E-state index in [1.807, 2.05) is 31.2 Å². The van der Waals surface area contributed by atoms with E-state index in [1.165, 1.54) is 0 Å². The van der Waals surface area contributed by atoms with Gasteiger partial charge in [-0.15, -0.1) is 24.0 Å². The van der Waals surface area contributed by atoms with E-state index in [1.54, 1.807) is 6.92 Å². The number of rotatable bonds is 5. The van der Waals surface area contributed by atoms with E-state index in [4.69, 9.17) is 5.73 Å². The van der Waals surface area contributed by atoms with Crippen molar-refractivity contribution in [3.63, 3.8) is 0 Å². The third-order valence-electron chi connectivity index (χ3n) is 2.45. The highest BCUT2D eigenvalue weighted by Crippen LogP contribution is 2.07. The Morgan fingerprint density at radius 1 is 1.32 bits per heavy atom. The van der Waals surface area contributed by atoms with Crippen molar-refractivity contribution >= 4 is 45.5 Å². The molecule has 108 valence electrons. The summed E-state index contributed by atoms with van der Waals surface area (Å²) in [5.74, 6) is 0.387. The number of hydrogen-bond donors (Lipinski definition) is 2. The molecule has 7 heteroatoms. The lowest BCUT2D eigenvalue weighted by Crippen LogP contribution is -2.24. The molecule has 5 nitrogen and oxygen atoms in total. The first-order valence-electron chi connectivity index (χ1n) is 5.77. The Kier molecular flexibility index (Phi) is 8.00. The van der Waals surface area contributed by atoms with Crippen LogP contribution in [0.2, 0.25) is 0 Å². The molecular formula is C12H20IN3O2S. The number of nitrogens with one attached hydrogen (secondary N) is 1. The second kappa shape index (κ2) is 8.36. The molecule has 0 atom stereocenters. The van der Waals surface area contributed by atoms with Gasteiger partial charge in [-0.3, -0.25) is 4.99 Å². The van der Waals surface area contributed by atoms with Crippen LogP contribution < -0.4 is 11.1 Å². The second-order valence-electron chi connectivity index (χ2n) is 3.99. The van der Waals surface area contributed by atoms with Crippen LogP contribution >= 0.6 is 24.0 Å². The normalized spacial score (nSPS) is 11.8. The molecule has 0 saturated heterocycles. The summed E-state index contributed by atoms with van der Waals surface area (Å²) in [7, 11) is -2.98. The van der Waals surface area contributed by atoms with E-state index in [0.717, 1.165) is 11.3 Å². The summed E-state index contributed by atoms with van der Waals surface area (Å²) in [6, 6.07) is 7.69. The Labute approximate surface area is 131 Å². The number of sulfone groups is 1. The molecule has 1 aromatic rings. The molecule has 0 bridgehead atoms. The van der Waals surface area contributed by atoms with Crippen LogP contribution in [0.4, 0.5) is 5.69 Å². The zero-order valence-electron chi connectivity index (χ0n) is 11.1. The molecule has 19 heavy (non-hydrogen) atoms.